The van der Waals surface area contributed by atoms with Gasteiger partial charge in [-0.05, 0) is 43.6 Å². The summed E-state index contributed by atoms with van der Waals surface area (Å²) in [5, 5.41) is 5.95. The second-order valence-electron chi connectivity index (χ2n) is 8.21. The molecule has 1 saturated heterocycles. The maximum absolute atomic E-state index is 12.7. The predicted molar refractivity (Wildman–Crippen MR) is 107 cm³/mol. The van der Waals surface area contributed by atoms with Gasteiger partial charge in [-0.2, -0.15) is 0 Å². The van der Waals surface area contributed by atoms with Crippen LogP contribution >= 0.6 is 11.3 Å². The van der Waals surface area contributed by atoms with Crippen molar-refractivity contribution >= 4 is 40.2 Å². The molecule has 1 saturated carbocycles. The number of urea groups is 1. The molecule has 2 fully saturated rings. The molecule has 156 valence electrons. The predicted octanol–water partition coefficient (Wildman–Crippen LogP) is 2.46. The summed E-state index contributed by atoms with van der Waals surface area (Å²) in [5.41, 5.74) is 0.500. The molecule has 29 heavy (non-hydrogen) atoms. The molecule has 1 spiro atoms. The van der Waals surface area contributed by atoms with Crippen molar-refractivity contribution in [3.8, 4) is 0 Å². The highest BCUT2D eigenvalue weighted by atomic mass is 32.1. The molecule has 1 atom stereocenters. The molecule has 0 aromatic carbocycles. The minimum absolute atomic E-state index is 0.331. The summed E-state index contributed by atoms with van der Waals surface area (Å²) in [4.78, 5) is 52.1. The fraction of sp³-hybridized carbons (Fsp3) is 0.600. The zero-order valence-electron chi connectivity index (χ0n) is 16.6. The van der Waals surface area contributed by atoms with E-state index in [4.69, 9.17) is 4.74 Å². The first-order valence-corrected chi connectivity index (χ1v) is 10.8. The smallest absolute Gasteiger partial charge is 0.341 e. The van der Waals surface area contributed by atoms with Crippen LogP contribution in [0.15, 0.2) is 0 Å². The van der Waals surface area contributed by atoms with Crippen LogP contribution in [-0.2, 0) is 27.2 Å². The van der Waals surface area contributed by atoms with E-state index in [1.54, 1.807) is 0 Å². The minimum atomic E-state index is -0.841. The first kappa shape index (κ1) is 19.9. The van der Waals surface area contributed by atoms with Gasteiger partial charge in [0, 0.05) is 4.88 Å². The van der Waals surface area contributed by atoms with Crippen LogP contribution in [0.5, 0.6) is 0 Å². The summed E-state index contributed by atoms with van der Waals surface area (Å²) in [6.45, 7) is 1.79. The van der Waals surface area contributed by atoms with Crippen molar-refractivity contribution in [2.75, 3.05) is 19.0 Å². The van der Waals surface area contributed by atoms with Gasteiger partial charge in [0.2, 0.25) is 5.91 Å². The Hall–Kier alpha value is -2.42. The summed E-state index contributed by atoms with van der Waals surface area (Å²) in [6, 6.07) is -0.528. The van der Waals surface area contributed by atoms with Crippen LogP contribution in [0.2, 0.25) is 0 Å². The third kappa shape index (κ3) is 3.41. The van der Waals surface area contributed by atoms with Gasteiger partial charge in [0.1, 0.15) is 17.1 Å². The SMILES string of the molecule is COC(=O)c1c(NC(=O)CN2C(=O)NC3(CCCC3)C2=O)sc2c1CCC(C)C2. The Morgan fingerprint density at radius 1 is 1.31 bits per heavy atom. The molecule has 9 heteroatoms. The molecule has 4 amide bonds. The van der Waals surface area contributed by atoms with E-state index < -0.39 is 23.4 Å². The third-order valence-electron chi connectivity index (χ3n) is 6.16. The molecule has 2 heterocycles. The zero-order chi connectivity index (χ0) is 20.8. The molecule has 1 unspecified atom stereocenters. The summed E-state index contributed by atoms with van der Waals surface area (Å²) in [6.07, 6.45) is 5.58. The monoisotopic (exact) mass is 419 g/mol. The number of nitrogens with one attached hydrogen (secondary N) is 2. The zero-order valence-corrected chi connectivity index (χ0v) is 17.4. The number of hydrogen-bond donors (Lipinski definition) is 2. The minimum Gasteiger partial charge on any atom is -0.465 e. The number of carbonyl (C=O) groups is 4. The van der Waals surface area contributed by atoms with Crippen LogP contribution in [0.25, 0.3) is 0 Å². The highest BCUT2D eigenvalue weighted by Gasteiger charge is 2.52. The summed E-state index contributed by atoms with van der Waals surface area (Å²) < 4.78 is 4.93. The van der Waals surface area contributed by atoms with Gasteiger partial charge in [0.05, 0.1) is 12.7 Å². The third-order valence-corrected chi connectivity index (χ3v) is 7.33. The van der Waals surface area contributed by atoms with E-state index in [-0.39, 0.29) is 12.5 Å². The largest absolute Gasteiger partial charge is 0.465 e. The average molecular weight is 420 g/mol. The first-order chi connectivity index (χ1) is 13.8. The Bertz CT molecular complexity index is 887. The Morgan fingerprint density at radius 2 is 2.03 bits per heavy atom. The van der Waals surface area contributed by atoms with Crippen LogP contribution in [0.4, 0.5) is 9.80 Å². The summed E-state index contributed by atoms with van der Waals surface area (Å²) >= 11 is 1.38. The lowest BCUT2D eigenvalue weighted by Gasteiger charge is -2.19. The number of methoxy groups -OCH3 is 1. The Balaban J connectivity index is 1.52. The van der Waals surface area contributed by atoms with Gasteiger partial charge in [-0.15, -0.1) is 11.3 Å². The average Bonchev–Trinajstić information content (AvgIpc) is 3.34. The molecule has 2 aliphatic carbocycles. The quantitative estimate of drug-likeness (QED) is 0.576. The highest BCUT2D eigenvalue weighted by Crippen LogP contribution is 2.40. The van der Waals surface area contributed by atoms with E-state index >= 15 is 0 Å². The van der Waals surface area contributed by atoms with Gasteiger partial charge in [-0.25, -0.2) is 9.59 Å². The molecule has 2 N–H and O–H groups in total. The number of ether oxygens (including phenoxy) is 1. The van der Waals surface area contributed by atoms with E-state index in [2.05, 4.69) is 17.6 Å². The van der Waals surface area contributed by atoms with Crippen molar-refractivity contribution in [2.24, 2.45) is 5.92 Å². The topological polar surface area (TPSA) is 105 Å². The number of anilines is 1. The van der Waals surface area contributed by atoms with Crippen LogP contribution in [0.3, 0.4) is 0 Å². The Morgan fingerprint density at radius 3 is 2.72 bits per heavy atom. The fourth-order valence-electron chi connectivity index (χ4n) is 4.60. The second kappa shape index (κ2) is 7.44. The Labute approximate surface area is 173 Å². The number of imide groups is 1. The van der Waals surface area contributed by atoms with Crippen molar-refractivity contribution in [3.63, 3.8) is 0 Å². The van der Waals surface area contributed by atoms with Crippen molar-refractivity contribution < 1.29 is 23.9 Å². The van der Waals surface area contributed by atoms with Gasteiger partial charge in [-0.3, -0.25) is 14.5 Å². The van der Waals surface area contributed by atoms with Crippen LogP contribution in [0, 0.1) is 5.92 Å². The van der Waals surface area contributed by atoms with Crippen LogP contribution in [-0.4, -0.2) is 47.9 Å². The van der Waals surface area contributed by atoms with Crippen molar-refractivity contribution in [2.45, 2.75) is 57.4 Å². The lowest BCUT2D eigenvalue weighted by atomic mass is 9.88. The van der Waals surface area contributed by atoms with Crippen molar-refractivity contribution in [3.05, 3.63) is 16.0 Å². The van der Waals surface area contributed by atoms with E-state index in [0.29, 0.717) is 29.3 Å². The van der Waals surface area contributed by atoms with Crippen molar-refractivity contribution in [1.82, 2.24) is 10.2 Å². The van der Waals surface area contributed by atoms with Gasteiger partial charge in [0.25, 0.3) is 5.91 Å². The molecule has 1 aromatic heterocycles. The number of carbonyl (C=O) groups excluding carboxylic acids is 4. The number of esters is 1. The highest BCUT2D eigenvalue weighted by molar-refractivity contribution is 7.17. The molecular formula is C20H25N3O5S. The second-order valence-corrected chi connectivity index (χ2v) is 9.31. The maximum Gasteiger partial charge on any atom is 0.341 e. The molecule has 8 nitrogen and oxygen atoms in total. The molecule has 3 aliphatic rings. The van der Waals surface area contributed by atoms with Gasteiger partial charge in [0.15, 0.2) is 0 Å². The molecular weight excluding hydrogens is 394 g/mol. The lowest BCUT2D eigenvalue weighted by molar-refractivity contribution is -0.133. The first-order valence-electron chi connectivity index (χ1n) is 10.0. The Kier molecular flexibility index (Phi) is 5.10. The van der Waals surface area contributed by atoms with E-state index in [1.165, 1.54) is 18.4 Å². The number of hydrogen-bond acceptors (Lipinski definition) is 6. The van der Waals surface area contributed by atoms with E-state index in [9.17, 15) is 19.2 Å². The van der Waals surface area contributed by atoms with Gasteiger partial charge in [-0.1, -0.05) is 19.8 Å². The molecule has 0 radical (unpaired) electrons. The number of rotatable bonds is 4. The standard InChI is InChI=1S/C20H25N3O5S/c1-11-5-6-12-13(9-11)29-16(15(12)17(25)28-2)21-14(24)10-23-18(26)20(22-19(23)27)7-3-4-8-20/h11H,3-10H2,1-2H3,(H,21,24)(H,22,27). The van der Waals surface area contributed by atoms with Crippen LogP contribution < -0.4 is 10.6 Å². The van der Waals surface area contributed by atoms with Crippen molar-refractivity contribution in [1.29, 1.82) is 0 Å². The number of amides is 4. The maximum atomic E-state index is 12.7. The fourth-order valence-corrected chi connectivity index (χ4v) is 6.02. The summed E-state index contributed by atoms with van der Waals surface area (Å²) in [7, 11) is 1.32. The molecule has 1 aliphatic heterocycles. The van der Waals surface area contributed by atoms with E-state index in [1.807, 2.05) is 0 Å². The number of nitrogens with zero attached hydrogens (tertiary/aromatic N) is 1. The normalized spacial score (nSPS) is 22.6. The van der Waals surface area contributed by atoms with Gasteiger partial charge >= 0.3 is 12.0 Å². The number of thiophene rings is 1. The van der Waals surface area contributed by atoms with Gasteiger partial charge < -0.3 is 15.4 Å². The molecule has 1 aromatic rings. The van der Waals surface area contributed by atoms with Crippen LogP contribution in [0.1, 0.15) is 59.8 Å². The van der Waals surface area contributed by atoms with E-state index in [0.717, 1.165) is 47.4 Å². The lowest BCUT2D eigenvalue weighted by Crippen LogP contribution is -2.44. The molecule has 4 rings (SSSR count). The summed E-state index contributed by atoms with van der Waals surface area (Å²) in [5.74, 6) is -0.793. The molecule has 0 bridgehead atoms. The number of fused-ring (bicyclic) bond motifs is 1.